The van der Waals surface area contributed by atoms with Crippen LogP contribution in [-0.4, -0.2) is 16.7 Å². The minimum absolute atomic E-state index is 0.0683. The van der Waals surface area contributed by atoms with Gasteiger partial charge in [-0.2, -0.15) is 0 Å². The van der Waals surface area contributed by atoms with E-state index in [1.807, 2.05) is 0 Å². The Balaban J connectivity index is 1.75. The molecule has 0 bridgehead atoms. The van der Waals surface area contributed by atoms with E-state index in [0.29, 0.717) is 21.3 Å². The number of carbonyl (C=O) groups excluding carboxylic acids is 2. The maximum atomic E-state index is 13.1. The number of ketones is 1. The first kappa shape index (κ1) is 18.6. The van der Waals surface area contributed by atoms with Crippen LogP contribution in [0.25, 0.3) is 0 Å². The topological polar surface area (TPSA) is 68.3 Å². The van der Waals surface area contributed by atoms with Crippen LogP contribution >= 0.6 is 22.9 Å². The number of amides is 1. The van der Waals surface area contributed by atoms with Crippen molar-refractivity contribution in [2.45, 2.75) is 18.4 Å². The number of nitrogens with zero attached hydrogens (tertiary/aromatic N) is 1. The third-order valence-electron chi connectivity index (χ3n) is 4.43. The predicted octanol–water partition coefficient (Wildman–Crippen LogP) is 4.45. The molecule has 1 aromatic carbocycles. The maximum Gasteiger partial charge on any atom is 0.228 e. The Morgan fingerprint density at radius 2 is 1.96 bits per heavy atom. The van der Waals surface area contributed by atoms with Crippen LogP contribution in [0.15, 0.2) is 53.9 Å². The third-order valence-corrected chi connectivity index (χ3v) is 5.52. The second kappa shape index (κ2) is 7.33. The van der Waals surface area contributed by atoms with Gasteiger partial charge in [0.05, 0.1) is 16.5 Å². The van der Waals surface area contributed by atoms with Gasteiger partial charge in [0.25, 0.3) is 0 Å². The molecule has 0 saturated carbocycles. The minimum Gasteiger partial charge on any atom is -0.439 e. The van der Waals surface area contributed by atoms with E-state index in [1.165, 1.54) is 35.6 Å². The molecule has 0 radical (unpaired) electrons. The largest absolute Gasteiger partial charge is 0.439 e. The lowest BCUT2D eigenvalue weighted by molar-refractivity contribution is -0.133. The molecule has 2 aromatic heterocycles. The van der Waals surface area contributed by atoms with E-state index in [2.05, 4.69) is 10.3 Å². The summed E-state index contributed by atoms with van der Waals surface area (Å²) in [6.07, 6.45) is -0.0931. The van der Waals surface area contributed by atoms with Crippen molar-refractivity contribution in [3.8, 4) is 11.6 Å². The van der Waals surface area contributed by atoms with Crippen molar-refractivity contribution in [1.82, 2.24) is 10.3 Å². The standard InChI is InChI=1S/C20H14ClFN2O3S/c21-17-8-12(11-28-17)20(10-14(25)9-18(26)24-20)16-2-1-3-19(23-16)27-15-6-4-13(22)5-7-15/h1-8,11H,9-10H2,(H,24,26)/t20-/m1/s1. The molecule has 3 aromatic rings. The molecule has 0 spiro atoms. The van der Waals surface area contributed by atoms with Crippen LogP contribution < -0.4 is 10.1 Å². The predicted molar refractivity (Wildman–Crippen MR) is 103 cm³/mol. The molecule has 5 nitrogen and oxygen atoms in total. The number of thiophene rings is 1. The molecule has 1 atom stereocenters. The molecule has 0 unspecified atom stereocenters. The summed E-state index contributed by atoms with van der Waals surface area (Å²) in [5.41, 5.74) is 0.0383. The number of hydrogen-bond donors (Lipinski definition) is 1. The van der Waals surface area contributed by atoms with Gasteiger partial charge in [-0.25, -0.2) is 9.37 Å². The highest BCUT2D eigenvalue weighted by molar-refractivity contribution is 7.14. The second-order valence-electron chi connectivity index (χ2n) is 6.40. The number of halogens is 2. The van der Waals surface area contributed by atoms with Gasteiger partial charge in [-0.15, -0.1) is 11.3 Å². The number of Topliss-reactive ketones (excluding diaryl/α,β-unsaturated/α-hetero) is 1. The van der Waals surface area contributed by atoms with Gasteiger partial charge in [-0.3, -0.25) is 9.59 Å². The fourth-order valence-corrected chi connectivity index (χ4v) is 4.16. The van der Waals surface area contributed by atoms with Gasteiger partial charge in [0.1, 0.15) is 22.9 Å². The van der Waals surface area contributed by atoms with Crippen molar-refractivity contribution in [1.29, 1.82) is 0 Å². The van der Waals surface area contributed by atoms with Crippen LogP contribution in [-0.2, 0) is 15.1 Å². The Hall–Kier alpha value is -2.77. The van der Waals surface area contributed by atoms with Gasteiger partial charge < -0.3 is 10.1 Å². The monoisotopic (exact) mass is 416 g/mol. The highest BCUT2D eigenvalue weighted by atomic mass is 35.5. The molecule has 1 N–H and O–H groups in total. The molecule has 1 aliphatic heterocycles. The number of carbonyl (C=O) groups is 2. The molecular formula is C20H14ClFN2O3S. The summed E-state index contributed by atoms with van der Waals surface area (Å²) in [5, 5.41) is 4.73. The Morgan fingerprint density at radius 1 is 1.18 bits per heavy atom. The number of pyridine rings is 1. The number of hydrogen-bond acceptors (Lipinski definition) is 5. The van der Waals surface area contributed by atoms with Crippen molar-refractivity contribution in [3.05, 3.63) is 75.3 Å². The highest BCUT2D eigenvalue weighted by Crippen LogP contribution is 2.39. The molecule has 1 aliphatic rings. The summed E-state index contributed by atoms with van der Waals surface area (Å²) in [7, 11) is 0. The quantitative estimate of drug-likeness (QED) is 0.638. The molecule has 4 rings (SSSR count). The number of piperidine rings is 1. The third kappa shape index (κ3) is 3.63. The van der Waals surface area contributed by atoms with E-state index >= 15 is 0 Å². The van der Waals surface area contributed by atoms with Crippen molar-refractivity contribution < 1.29 is 18.7 Å². The summed E-state index contributed by atoms with van der Waals surface area (Å²) in [4.78, 5) is 29.0. The molecular weight excluding hydrogens is 403 g/mol. The van der Waals surface area contributed by atoms with Crippen LogP contribution in [0.2, 0.25) is 4.34 Å². The Bertz CT molecular complexity index is 1040. The second-order valence-corrected chi connectivity index (χ2v) is 7.94. The van der Waals surface area contributed by atoms with Crippen molar-refractivity contribution >= 4 is 34.6 Å². The fraction of sp³-hybridized carbons (Fsp3) is 0.150. The van der Waals surface area contributed by atoms with Crippen molar-refractivity contribution in [2.75, 3.05) is 0 Å². The molecule has 28 heavy (non-hydrogen) atoms. The summed E-state index contributed by atoms with van der Waals surface area (Å²) in [6, 6.07) is 12.4. The number of rotatable bonds is 4. The first-order valence-electron chi connectivity index (χ1n) is 8.43. The lowest BCUT2D eigenvalue weighted by Gasteiger charge is -2.36. The van der Waals surface area contributed by atoms with Gasteiger partial charge >= 0.3 is 0 Å². The lowest BCUT2D eigenvalue weighted by Crippen LogP contribution is -2.53. The van der Waals surface area contributed by atoms with E-state index in [9.17, 15) is 14.0 Å². The maximum absolute atomic E-state index is 13.1. The Labute approximate surface area is 169 Å². The normalized spacial score (nSPS) is 19.4. The highest BCUT2D eigenvalue weighted by Gasteiger charge is 2.44. The van der Waals surface area contributed by atoms with Gasteiger partial charge in [0, 0.05) is 12.5 Å². The average molecular weight is 417 g/mol. The Morgan fingerprint density at radius 3 is 2.64 bits per heavy atom. The smallest absolute Gasteiger partial charge is 0.228 e. The van der Waals surface area contributed by atoms with Crippen molar-refractivity contribution in [3.63, 3.8) is 0 Å². The van der Waals surface area contributed by atoms with Gasteiger partial charge in [-0.1, -0.05) is 17.7 Å². The number of nitrogens with one attached hydrogen (secondary N) is 1. The zero-order valence-corrected chi connectivity index (χ0v) is 16.0. The number of benzene rings is 1. The van der Waals surface area contributed by atoms with Crippen LogP contribution in [0.1, 0.15) is 24.1 Å². The zero-order chi connectivity index (χ0) is 19.7. The van der Waals surface area contributed by atoms with E-state index in [-0.39, 0.29) is 36.2 Å². The van der Waals surface area contributed by atoms with Crippen LogP contribution in [0.5, 0.6) is 11.6 Å². The fourth-order valence-electron chi connectivity index (χ4n) is 3.21. The van der Waals surface area contributed by atoms with Crippen LogP contribution in [0.4, 0.5) is 4.39 Å². The molecule has 1 saturated heterocycles. The van der Waals surface area contributed by atoms with Crippen LogP contribution in [0, 0.1) is 5.82 Å². The number of ether oxygens (including phenoxy) is 1. The van der Waals surface area contributed by atoms with Crippen molar-refractivity contribution in [2.24, 2.45) is 0 Å². The number of aromatic nitrogens is 1. The average Bonchev–Trinajstić information content (AvgIpc) is 3.10. The molecule has 1 fully saturated rings. The van der Waals surface area contributed by atoms with E-state index in [1.54, 1.807) is 29.6 Å². The van der Waals surface area contributed by atoms with Gasteiger partial charge in [0.15, 0.2) is 0 Å². The van der Waals surface area contributed by atoms with Gasteiger partial charge in [-0.05, 0) is 47.3 Å². The molecule has 0 aliphatic carbocycles. The summed E-state index contributed by atoms with van der Waals surface area (Å²) in [5.74, 6) is -0.242. The van der Waals surface area contributed by atoms with E-state index < -0.39 is 5.54 Å². The molecule has 8 heteroatoms. The van der Waals surface area contributed by atoms with Gasteiger partial charge in [0.2, 0.25) is 11.8 Å². The minimum atomic E-state index is -1.11. The van der Waals surface area contributed by atoms with Crippen LogP contribution in [0.3, 0.4) is 0 Å². The molecule has 1 amide bonds. The SMILES string of the molecule is O=C1CC(=O)N[C@](c2csc(Cl)c2)(c2cccc(Oc3ccc(F)cc3)n2)C1. The lowest BCUT2D eigenvalue weighted by atomic mass is 9.80. The first-order chi connectivity index (χ1) is 13.4. The zero-order valence-electron chi connectivity index (χ0n) is 14.4. The summed E-state index contributed by atoms with van der Waals surface area (Å²) in [6.45, 7) is 0. The summed E-state index contributed by atoms with van der Waals surface area (Å²) >= 11 is 7.41. The molecule has 3 heterocycles. The molecule has 142 valence electrons. The summed E-state index contributed by atoms with van der Waals surface area (Å²) < 4.78 is 19.3. The first-order valence-corrected chi connectivity index (χ1v) is 9.68. The Kier molecular flexibility index (Phi) is 4.87. The van der Waals surface area contributed by atoms with E-state index in [0.717, 1.165) is 0 Å². The van der Waals surface area contributed by atoms with E-state index in [4.69, 9.17) is 16.3 Å².